The van der Waals surface area contributed by atoms with Gasteiger partial charge in [-0.05, 0) is 54.5 Å². The summed E-state index contributed by atoms with van der Waals surface area (Å²) in [6, 6.07) is 22.7. The SMILES string of the molecule is Cc1cc(NC(=O)[C@H](Sc2ccc(NC(=O)/C=C/c3ccccc3C(F)(F)F)cc2)c2ccccc2)no1. The lowest BCUT2D eigenvalue weighted by molar-refractivity contribution is -0.137. The van der Waals surface area contributed by atoms with E-state index >= 15 is 0 Å². The smallest absolute Gasteiger partial charge is 0.360 e. The topological polar surface area (TPSA) is 84.2 Å². The minimum absolute atomic E-state index is 0.104. The predicted octanol–water partition coefficient (Wildman–Crippen LogP) is 7.13. The largest absolute Gasteiger partial charge is 0.416 e. The molecule has 194 valence electrons. The molecule has 4 rings (SSSR count). The van der Waals surface area contributed by atoms with Gasteiger partial charge in [0.1, 0.15) is 11.0 Å². The normalized spacial score (nSPS) is 12.3. The van der Waals surface area contributed by atoms with E-state index in [1.807, 2.05) is 30.3 Å². The summed E-state index contributed by atoms with van der Waals surface area (Å²) in [6.07, 6.45) is -2.34. The van der Waals surface area contributed by atoms with Gasteiger partial charge in [0, 0.05) is 22.7 Å². The van der Waals surface area contributed by atoms with Crippen LogP contribution in [0.1, 0.15) is 27.7 Å². The summed E-state index contributed by atoms with van der Waals surface area (Å²) >= 11 is 1.31. The highest BCUT2D eigenvalue weighted by Crippen LogP contribution is 2.37. The zero-order valence-electron chi connectivity index (χ0n) is 20.0. The first kappa shape index (κ1) is 26.7. The Bertz CT molecular complexity index is 1430. The maximum atomic E-state index is 13.1. The highest BCUT2D eigenvalue weighted by molar-refractivity contribution is 8.00. The van der Waals surface area contributed by atoms with E-state index in [1.54, 1.807) is 37.3 Å². The standard InChI is InChI=1S/C28H22F3N3O3S/c1-18-17-24(34-37-18)33-27(36)26(20-8-3-2-4-9-20)38-22-14-12-21(13-15-22)32-25(35)16-11-19-7-5-6-10-23(19)28(29,30)31/h2-17,26H,1H3,(H,32,35)(H,33,34,36)/b16-11+/t26-/m1/s1. The molecule has 10 heteroatoms. The molecule has 0 fully saturated rings. The monoisotopic (exact) mass is 537 g/mol. The highest BCUT2D eigenvalue weighted by atomic mass is 32.2. The van der Waals surface area contributed by atoms with Crippen LogP contribution in [-0.4, -0.2) is 17.0 Å². The number of alkyl halides is 3. The van der Waals surface area contributed by atoms with Gasteiger partial charge in [-0.2, -0.15) is 13.2 Å². The fraction of sp³-hybridized carbons (Fsp3) is 0.107. The zero-order valence-corrected chi connectivity index (χ0v) is 20.8. The van der Waals surface area contributed by atoms with Gasteiger partial charge in [0.05, 0.1) is 5.56 Å². The lowest BCUT2D eigenvalue weighted by Gasteiger charge is -2.16. The van der Waals surface area contributed by atoms with Crippen LogP contribution in [0.2, 0.25) is 0 Å². The molecule has 6 nitrogen and oxygen atoms in total. The Morgan fingerprint density at radius 2 is 1.63 bits per heavy atom. The van der Waals surface area contributed by atoms with Crippen molar-refractivity contribution < 1.29 is 27.3 Å². The molecular formula is C28H22F3N3O3S. The van der Waals surface area contributed by atoms with Crippen molar-refractivity contribution >= 4 is 41.2 Å². The fourth-order valence-corrected chi connectivity index (χ4v) is 4.55. The molecule has 0 spiro atoms. The van der Waals surface area contributed by atoms with Gasteiger partial charge in [0.15, 0.2) is 5.82 Å². The molecule has 0 saturated carbocycles. The van der Waals surface area contributed by atoms with Crippen LogP contribution in [0, 0.1) is 6.92 Å². The van der Waals surface area contributed by atoms with Crippen molar-refractivity contribution in [3.63, 3.8) is 0 Å². The van der Waals surface area contributed by atoms with E-state index in [2.05, 4.69) is 15.8 Å². The van der Waals surface area contributed by atoms with Crippen molar-refractivity contribution in [1.29, 1.82) is 0 Å². The van der Waals surface area contributed by atoms with Crippen LogP contribution in [-0.2, 0) is 15.8 Å². The van der Waals surface area contributed by atoms with Crippen molar-refractivity contribution in [2.24, 2.45) is 0 Å². The predicted molar refractivity (Wildman–Crippen MR) is 140 cm³/mol. The number of nitrogens with one attached hydrogen (secondary N) is 2. The maximum Gasteiger partial charge on any atom is 0.416 e. The minimum atomic E-state index is -4.52. The van der Waals surface area contributed by atoms with Crippen LogP contribution in [0.5, 0.6) is 0 Å². The van der Waals surface area contributed by atoms with E-state index in [-0.39, 0.29) is 11.5 Å². The quantitative estimate of drug-likeness (QED) is 0.185. The van der Waals surface area contributed by atoms with E-state index in [9.17, 15) is 22.8 Å². The summed E-state index contributed by atoms with van der Waals surface area (Å²) < 4.78 is 44.5. The van der Waals surface area contributed by atoms with Crippen LogP contribution < -0.4 is 10.6 Å². The van der Waals surface area contributed by atoms with Gasteiger partial charge in [0.2, 0.25) is 11.8 Å². The van der Waals surface area contributed by atoms with Crippen molar-refractivity contribution in [2.45, 2.75) is 23.2 Å². The number of carbonyl (C=O) groups excluding carboxylic acids is 2. The number of hydrogen-bond donors (Lipinski definition) is 2. The Morgan fingerprint density at radius 1 is 0.947 bits per heavy atom. The molecule has 4 aromatic rings. The first-order valence-corrected chi connectivity index (χ1v) is 12.3. The summed E-state index contributed by atoms with van der Waals surface area (Å²) in [7, 11) is 0. The number of thioether (sulfide) groups is 1. The summed E-state index contributed by atoms with van der Waals surface area (Å²) in [5.74, 6) is 0.0299. The molecular weight excluding hydrogens is 515 g/mol. The Labute approximate surface area is 220 Å². The second kappa shape index (κ2) is 11.8. The lowest BCUT2D eigenvalue weighted by Crippen LogP contribution is -2.19. The molecule has 2 N–H and O–H groups in total. The summed E-state index contributed by atoms with van der Waals surface area (Å²) in [4.78, 5) is 26.1. The minimum Gasteiger partial charge on any atom is -0.360 e. The Morgan fingerprint density at radius 3 is 2.29 bits per heavy atom. The second-order valence-corrected chi connectivity index (χ2v) is 9.33. The second-order valence-electron chi connectivity index (χ2n) is 8.15. The molecule has 3 aromatic carbocycles. The van der Waals surface area contributed by atoms with Gasteiger partial charge in [-0.3, -0.25) is 9.59 Å². The first-order chi connectivity index (χ1) is 18.2. The van der Waals surface area contributed by atoms with Gasteiger partial charge in [0.25, 0.3) is 0 Å². The van der Waals surface area contributed by atoms with E-state index in [4.69, 9.17) is 4.52 Å². The third-order valence-electron chi connectivity index (χ3n) is 5.28. The molecule has 38 heavy (non-hydrogen) atoms. The average molecular weight is 538 g/mol. The highest BCUT2D eigenvalue weighted by Gasteiger charge is 2.32. The number of halogens is 3. The first-order valence-electron chi connectivity index (χ1n) is 11.4. The summed E-state index contributed by atoms with van der Waals surface area (Å²) in [6.45, 7) is 1.73. The molecule has 0 unspecified atom stereocenters. The molecule has 1 atom stereocenters. The third-order valence-corrected chi connectivity index (χ3v) is 6.54. The van der Waals surface area contributed by atoms with Crippen LogP contribution in [0.3, 0.4) is 0 Å². The van der Waals surface area contributed by atoms with E-state index in [1.165, 1.54) is 30.0 Å². The van der Waals surface area contributed by atoms with Crippen LogP contribution in [0.4, 0.5) is 24.7 Å². The number of rotatable bonds is 8. The number of aryl methyl sites for hydroxylation is 1. The number of amides is 2. The van der Waals surface area contributed by atoms with Crippen LogP contribution in [0.25, 0.3) is 6.08 Å². The summed E-state index contributed by atoms with van der Waals surface area (Å²) in [5.41, 5.74) is 0.317. The molecule has 0 aliphatic carbocycles. The molecule has 1 heterocycles. The van der Waals surface area contributed by atoms with Crippen LogP contribution >= 0.6 is 11.8 Å². The van der Waals surface area contributed by atoms with Crippen molar-refractivity contribution in [3.8, 4) is 0 Å². The van der Waals surface area contributed by atoms with Crippen molar-refractivity contribution in [1.82, 2.24) is 5.16 Å². The number of anilines is 2. The number of aromatic nitrogens is 1. The van der Waals surface area contributed by atoms with Gasteiger partial charge < -0.3 is 15.2 Å². The fourth-order valence-electron chi connectivity index (χ4n) is 3.52. The number of hydrogen-bond acceptors (Lipinski definition) is 5. The molecule has 0 radical (unpaired) electrons. The Balaban J connectivity index is 1.43. The lowest BCUT2D eigenvalue weighted by atomic mass is 10.1. The van der Waals surface area contributed by atoms with E-state index in [0.29, 0.717) is 17.3 Å². The number of carbonyl (C=O) groups is 2. The van der Waals surface area contributed by atoms with Crippen molar-refractivity contribution in [2.75, 3.05) is 10.6 Å². The molecule has 0 saturated heterocycles. The van der Waals surface area contributed by atoms with Crippen molar-refractivity contribution in [3.05, 3.63) is 113 Å². The van der Waals surface area contributed by atoms with Gasteiger partial charge in [-0.15, -0.1) is 11.8 Å². The van der Waals surface area contributed by atoms with E-state index in [0.717, 1.165) is 28.7 Å². The Kier molecular flexibility index (Phi) is 8.32. The number of nitrogens with zero attached hydrogens (tertiary/aromatic N) is 1. The zero-order chi connectivity index (χ0) is 27.1. The van der Waals surface area contributed by atoms with Gasteiger partial charge >= 0.3 is 6.18 Å². The van der Waals surface area contributed by atoms with Gasteiger partial charge in [-0.1, -0.05) is 53.7 Å². The Hall–Kier alpha value is -4.31. The number of benzene rings is 3. The van der Waals surface area contributed by atoms with Gasteiger partial charge in [-0.25, -0.2) is 0 Å². The van der Waals surface area contributed by atoms with E-state index < -0.39 is 22.9 Å². The molecule has 0 aliphatic heterocycles. The maximum absolute atomic E-state index is 13.1. The molecule has 2 amide bonds. The molecule has 0 bridgehead atoms. The van der Waals surface area contributed by atoms with Crippen LogP contribution in [0.15, 0.2) is 100 Å². The average Bonchev–Trinajstić information content (AvgIpc) is 3.31. The summed E-state index contributed by atoms with van der Waals surface area (Å²) in [5, 5.41) is 8.61. The third kappa shape index (κ3) is 7.13. The molecule has 1 aromatic heterocycles. The molecule has 0 aliphatic rings.